The van der Waals surface area contributed by atoms with Gasteiger partial charge in [-0.15, -0.1) is 0 Å². The van der Waals surface area contributed by atoms with Gasteiger partial charge in [-0.3, -0.25) is 0 Å². The number of aryl methyl sites for hydroxylation is 1. The van der Waals surface area contributed by atoms with Gasteiger partial charge in [-0.2, -0.15) is 0 Å². The van der Waals surface area contributed by atoms with Crippen LogP contribution in [0.3, 0.4) is 0 Å². The van der Waals surface area contributed by atoms with E-state index in [9.17, 15) is 0 Å². The van der Waals surface area contributed by atoms with Crippen molar-refractivity contribution in [2.24, 2.45) is 5.73 Å². The van der Waals surface area contributed by atoms with E-state index in [1.807, 2.05) is 17.0 Å². The lowest BCUT2D eigenvalue weighted by Crippen LogP contribution is -2.09. The molecule has 1 aromatic rings. The molecule has 24 heavy (non-hydrogen) atoms. The van der Waals surface area contributed by atoms with Gasteiger partial charge in [-0.05, 0) is 6.42 Å². The molecule has 0 saturated heterocycles. The lowest BCUT2D eigenvalue weighted by atomic mass is 10.0. The highest BCUT2D eigenvalue weighted by molar-refractivity contribution is 4.91. The van der Waals surface area contributed by atoms with Crippen LogP contribution in [0.1, 0.15) is 109 Å². The Balaban J connectivity index is 1.76. The standard InChI is InChI=1S/C21H41N3/c1-2-3-4-5-6-7-8-9-10-11-12-13-14-15-16-17-21-23-18-19-24(21)20-22/h18-19H,2-17,20,22H2,1H3. The van der Waals surface area contributed by atoms with E-state index < -0.39 is 0 Å². The summed E-state index contributed by atoms with van der Waals surface area (Å²) in [5.41, 5.74) is 5.67. The first kappa shape index (κ1) is 21.2. The molecule has 0 saturated carbocycles. The van der Waals surface area contributed by atoms with Gasteiger partial charge >= 0.3 is 0 Å². The number of aromatic nitrogens is 2. The predicted octanol–water partition coefficient (Wildman–Crippen LogP) is 6.21. The van der Waals surface area contributed by atoms with Gasteiger partial charge in [0, 0.05) is 18.8 Å². The Morgan fingerprint density at radius 1 is 0.750 bits per heavy atom. The fourth-order valence-corrected chi connectivity index (χ4v) is 3.39. The Morgan fingerprint density at radius 3 is 1.67 bits per heavy atom. The van der Waals surface area contributed by atoms with Crippen LogP contribution < -0.4 is 5.73 Å². The maximum Gasteiger partial charge on any atom is 0.109 e. The van der Waals surface area contributed by atoms with E-state index >= 15 is 0 Å². The third-order valence-electron chi connectivity index (χ3n) is 5.00. The molecule has 0 bridgehead atoms. The average Bonchev–Trinajstić information content (AvgIpc) is 3.06. The summed E-state index contributed by atoms with van der Waals surface area (Å²) in [5, 5.41) is 0. The molecule has 0 radical (unpaired) electrons. The second-order valence-corrected chi connectivity index (χ2v) is 7.20. The van der Waals surface area contributed by atoms with Crippen LogP contribution in [0.15, 0.2) is 12.4 Å². The first-order chi connectivity index (χ1) is 11.9. The van der Waals surface area contributed by atoms with Crippen molar-refractivity contribution in [2.45, 2.75) is 116 Å². The molecule has 1 rings (SSSR count). The van der Waals surface area contributed by atoms with Crippen molar-refractivity contribution in [1.82, 2.24) is 9.55 Å². The van der Waals surface area contributed by atoms with Crippen molar-refractivity contribution in [3.05, 3.63) is 18.2 Å². The molecule has 0 atom stereocenters. The van der Waals surface area contributed by atoms with Crippen LogP contribution >= 0.6 is 0 Å². The summed E-state index contributed by atoms with van der Waals surface area (Å²) >= 11 is 0. The SMILES string of the molecule is CCCCCCCCCCCCCCCCCc1nccn1CN. The van der Waals surface area contributed by atoms with Crippen molar-refractivity contribution in [1.29, 1.82) is 0 Å². The van der Waals surface area contributed by atoms with Crippen LogP contribution in [-0.4, -0.2) is 9.55 Å². The van der Waals surface area contributed by atoms with E-state index in [0.29, 0.717) is 6.67 Å². The molecule has 3 nitrogen and oxygen atoms in total. The van der Waals surface area contributed by atoms with Gasteiger partial charge < -0.3 is 10.3 Å². The monoisotopic (exact) mass is 335 g/mol. The second-order valence-electron chi connectivity index (χ2n) is 7.20. The van der Waals surface area contributed by atoms with E-state index in [1.54, 1.807) is 0 Å². The largest absolute Gasteiger partial charge is 0.322 e. The van der Waals surface area contributed by atoms with Gasteiger partial charge in [0.05, 0.1) is 6.67 Å². The van der Waals surface area contributed by atoms with Gasteiger partial charge in [0.2, 0.25) is 0 Å². The Kier molecular flexibility index (Phi) is 13.9. The summed E-state index contributed by atoms with van der Waals surface area (Å²) in [7, 11) is 0. The van der Waals surface area contributed by atoms with Gasteiger partial charge in [-0.1, -0.05) is 96.8 Å². The van der Waals surface area contributed by atoms with Crippen molar-refractivity contribution >= 4 is 0 Å². The fourth-order valence-electron chi connectivity index (χ4n) is 3.39. The molecule has 0 amide bonds. The minimum absolute atomic E-state index is 0.550. The Bertz CT molecular complexity index is 373. The van der Waals surface area contributed by atoms with E-state index in [4.69, 9.17) is 5.73 Å². The third-order valence-corrected chi connectivity index (χ3v) is 5.00. The number of hydrogen-bond acceptors (Lipinski definition) is 2. The van der Waals surface area contributed by atoms with Crippen LogP contribution in [0.25, 0.3) is 0 Å². The number of nitrogens with two attached hydrogens (primary N) is 1. The molecule has 0 spiro atoms. The van der Waals surface area contributed by atoms with Crippen LogP contribution in [0.5, 0.6) is 0 Å². The molecule has 0 fully saturated rings. The number of rotatable bonds is 17. The van der Waals surface area contributed by atoms with Crippen LogP contribution in [0, 0.1) is 0 Å². The topological polar surface area (TPSA) is 43.8 Å². The lowest BCUT2D eigenvalue weighted by Gasteiger charge is -2.05. The molecular formula is C21H41N3. The smallest absolute Gasteiger partial charge is 0.109 e. The zero-order valence-corrected chi connectivity index (χ0v) is 16.1. The summed E-state index contributed by atoms with van der Waals surface area (Å²) in [6.45, 7) is 2.84. The van der Waals surface area contributed by atoms with Crippen LogP contribution in [0.2, 0.25) is 0 Å². The first-order valence-corrected chi connectivity index (χ1v) is 10.6. The average molecular weight is 336 g/mol. The number of unbranched alkanes of at least 4 members (excludes halogenated alkanes) is 14. The Hall–Kier alpha value is -0.830. The minimum atomic E-state index is 0.550. The molecule has 1 aromatic heterocycles. The predicted molar refractivity (Wildman–Crippen MR) is 105 cm³/mol. The third kappa shape index (κ3) is 10.9. The summed E-state index contributed by atoms with van der Waals surface area (Å²) in [5.74, 6) is 1.15. The molecule has 0 aliphatic carbocycles. The van der Waals surface area contributed by atoms with E-state index in [1.165, 1.54) is 96.3 Å². The van der Waals surface area contributed by atoms with Gasteiger partial charge in [0.1, 0.15) is 5.82 Å². The first-order valence-electron chi connectivity index (χ1n) is 10.6. The van der Waals surface area contributed by atoms with Crippen molar-refractivity contribution in [2.75, 3.05) is 0 Å². The lowest BCUT2D eigenvalue weighted by molar-refractivity contribution is 0.530. The number of imidazole rings is 1. The molecular weight excluding hydrogens is 294 g/mol. The molecule has 0 aliphatic rings. The number of hydrogen-bond donors (Lipinski definition) is 1. The zero-order chi connectivity index (χ0) is 17.3. The Labute approximate surface area is 150 Å². The second kappa shape index (κ2) is 15.7. The van der Waals surface area contributed by atoms with Gasteiger partial charge in [0.15, 0.2) is 0 Å². The molecule has 3 heteroatoms. The summed E-state index contributed by atoms with van der Waals surface area (Å²) < 4.78 is 2.05. The van der Waals surface area contributed by atoms with Crippen LogP contribution in [0.4, 0.5) is 0 Å². The summed E-state index contributed by atoms with van der Waals surface area (Å²) in [4.78, 5) is 4.37. The van der Waals surface area contributed by atoms with Crippen molar-refractivity contribution in [3.8, 4) is 0 Å². The minimum Gasteiger partial charge on any atom is -0.322 e. The quantitative estimate of drug-likeness (QED) is 0.344. The molecule has 1 heterocycles. The molecule has 0 aliphatic heterocycles. The van der Waals surface area contributed by atoms with Gasteiger partial charge in [0.25, 0.3) is 0 Å². The molecule has 0 aromatic carbocycles. The highest BCUT2D eigenvalue weighted by Crippen LogP contribution is 2.14. The molecule has 2 N–H and O–H groups in total. The zero-order valence-electron chi connectivity index (χ0n) is 16.1. The summed E-state index contributed by atoms with van der Waals surface area (Å²) in [6, 6.07) is 0. The maximum absolute atomic E-state index is 5.67. The van der Waals surface area contributed by atoms with E-state index in [-0.39, 0.29) is 0 Å². The van der Waals surface area contributed by atoms with Crippen molar-refractivity contribution < 1.29 is 0 Å². The normalized spacial score (nSPS) is 11.2. The van der Waals surface area contributed by atoms with Gasteiger partial charge in [-0.25, -0.2) is 4.98 Å². The number of nitrogens with zero attached hydrogens (tertiary/aromatic N) is 2. The highest BCUT2D eigenvalue weighted by atomic mass is 15.1. The Morgan fingerprint density at radius 2 is 1.21 bits per heavy atom. The molecule has 0 unspecified atom stereocenters. The molecule has 140 valence electrons. The highest BCUT2D eigenvalue weighted by Gasteiger charge is 2.00. The van der Waals surface area contributed by atoms with Crippen molar-refractivity contribution in [3.63, 3.8) is 0 Å². The summed E-state index contributed by atoms with van der Waals surface area (Å²) in [6.07, 6.45) is 26.1. The van der Waals surface area contributed by atoms with Crippen LogP contribution in [-0.2, 0) is 13.1 Å². The van der Waals surface area contributed by atoms with E-state index in [2.05, 4.69) is 11.9 Å². The fraction of sp³-hybridized carbons (Fsp3) is 0.857. The maximum atomic E-state index is 5.67. The van der Waals surface area contributed by atoms with E-state index in [0.717, 1.165) is 12.2 Å².